The number of rotatable bonds is 17. The molecule has 2 heterocycles. The van der Waals surface area contributed by atoms with Crippen molar-refractivity contribution in [2.24, 2.45) is 11.7 Å². The molecule has 36 heavy (non-hydrogen) atoms. The minimum absolute atomic E-state index is 0.293. The number of benzene rings is 2. The molecule has 4 rings (SSSR count). The van der Waals surface area contributed by atoms with Gasteiger partial charge in [0.05, 0.1) is 13.2 Å². The van der Waals surface area contributed by atoms with E-state index in [2.05, 4.69) is 43.4 Å². The van der Waals surface area contributed by atoms with Crippen molar-refractivity contribution in [3.63, 3.8) is 0 Å². The van der Waals surface area contributed by atoms with Crippen LogP contribution in [0, 0.1) is 5.92 Å². The number of hydrogen-bond donors (Lipinski definition) is 2. The molecule has 2 fully saturated rings. The van der Waals surface area contributed by atoms with Crippen LogP contribution in [0.2, 0.25) is 0 Å². The highest BCUT2D eigenvalue weighted by Gasteiger charge is 2.23. The zero-order valence-electron chi connectivity index (χ0n) is 22.3. The van der Waals surface area contributed by atoms with Crippen LogP contribution in [0.25, 0.3) is 0 Å². The Kier molecular flexibility index (Phi) is 13.1. The van der Waals surface area contributed by atoms with Crippen LogP contribution in [0.5, 0.6) is 11.5 Å². The lowest BCUT2D eigenvalue weighted by Crippen LogP contribution is -2.25. The van der Waals surface area contributed by atoms with Gasteiger partial charge in [0.25, 0.3) is 0 Å². The summed E-state index contributed by atoms with van der Waals surface area (Å²) in [7, 11) is 0. The van der Waals surface area contributed by atoms with E-state index in [4.69, 9.17) is 24.7 Å². The van der Waals surface area contributed by atoms with Gasteiger partial charge in [-0.3, -0.25) is 0 Å². The molecule has 0 aromatic heterocycles. The van der Waals surface area contributed by atoms with Crippen molar-refractivity contribution in [3.05, 3.63) is 59.7 Å². The quantitative estimate of drug-likeness (QED) is 0.237. The minimum Gasteiger partial charge on any atom is -0.491 e. The van der Waals surface area contributed by atoms with E-state index in [-0.39, 0.29) is 0 Å². The normalized spacial score (nSPS) is 18.6. The average Bonchev–Trinajstić information content (AvgIpc) is 3.83. The summed E-state index contributed by atoms with van der Waals surface area (Å²) in [5.41, 5.74) is 7.95. The van der Waals surface area contributed by atoms with E-state index in [9.17, 15) is 0 Å². The Bertz CT molecular complexity index is 762. The standard InChI is InChI=1S/C19H20O4.C11H26N2/c1-5-16(20-10-18-12-22-18)6-2-14(1)9-15-3-7-17(8-4-15)21-11-19-13-23-19;1-3-5-7-11(4-2)10-13-9-6-8-12/h1-8,18-19H,9-13H2;11,13H,3-10,12H2,1-2H3. The molecule has 6 heteroatoms. The van der Waals surface area contributed by atoms with Gasteiger partial charge in [0, 0.05) is 0 Å². The third-order valence-corrected chi connectivity index (χ3v) is 6.47. The summed E-state index contributed by atoms with van der Waals surface area (Å²) in [6.45, 7) is 10.5. The summed E-state index contributed by atoms with van der Waals surface area (Å²) in [5.74, 6) is 2.67. The van der Waals surface area contributed by atoms with Gasteiger partial charge in [-0.05, 0) is 80.2 Å². The molecule has 2 aliphatic rings. The molecule has 0 aliphatic carbocycles. The number of nitrogens with two attached hydrogens (primary N) is 1. The van der Waals surface area contributed by atoms with Crippen LogP contribution in [0.3, 0.4) is 0 Å². The second-order valence-electron chi connectivity index (χ2n) is 9.76. The van der Waals surface area contributed by atoms with E-state index < -0.39 is 0 Å². The molecule has 0 amide bonds. The molecule has 2 aromatic carbocycles. The molecule has 200 valence electrons. The number of nitrogens with one attached hydrogen (secondary N) is 1. The molecule has 0 spiro atoms. The Labute approximate surface area is 217 Å². The molecular weight excluding hydrogens is 452 g/mol. The largest absolute Gasteiger partial charge is 0.491 e. The van der Waals surface area contributed by atoms with Crippen LogP contribution in [0.4, 0.5) is 0 Å². The Morgan fingerprint density at radius 2 is 1.39 bits per heavy atom. The fourth-order valence-electron chi connectivity index (χ4n) is 3.83. The van der Waals surface area contributed by atoms with Crippen molar-refractivity contribution >= 4 is 0 Å². The van der Waals surface area contributed by atoms with Crippen molar-refractivity contribution in [3.8, 4) is 11.5 Å². The maximum Gasteiger partial charge on any atom is 0.119 e. The maximum absolute atomic E-state index is 5.65. The third-order valence-electron chi connectivity index (χ3n) is 6.47. The Morgan fingerprint density at radius 1 is 0.861 bits per heavy atom. The average molecular weight is 499 g/mol. The third kappa shape index (κ3) is 12.2. The molecule has 6 nitrogen and oxygen atoms in total. The Hall–Kier alpha value is -2.12. The second kappa shape index (κ2) is 16.6. The summed E-state index contributed by atoms with van der Waals surface area (Å²) >= 11 is 0. The predicted octanol–water partition coefficient (Wildman–Crippen LogP) is 4.97. The fraction of sp³-hybridized carbons (Fsp3) is 0.600. The maximum atomic E-state index is 5.65. The SMILES string of the molecule is CCCCC(CC)CNCCCN.c1cc(OCC2CO2)ccc1Cc1ccc(OCC2CO2)cc1. The molecule has 2 saturated heterocycles. The molecule has 2 aromatic rings. The summed E-state index contributed by atoms with van der Waals surface area (Å²) in [6, 6.07) is 16.5. The van der Waals surface area contributed by atoms with Crippen LogP contribution in [-0.2, 0) is 15.9 Å². The molecule has 3 atom stereocenters. The molecule has 2 aliphatic heterocycles. The van der Waals surface area contributed by atoms with E-state index >= 15 is 0 Å². The highest BCUT2D eigenvalue weighted by Crippen LogP contribution is 2.20. The highest BCUT2D eigenvalue weighted by atomic mass is 16.6. The number of hydrogen-bond acceptors (Lipinski definition) is 6. The van der Waals surface area contributed by atoms with Crippen LogP contribution >= 0.6 is 0 Å². The lowest BCUT2D eigenvalue weighted by atomic mass is 9.99. The van der Waals surface area contributed by atoms with Crippen molar-refractivity contribution in [2.75, 3.05) is 46.1 Å². The van der Waals surface area contributed by atoms with Gasteiger partial charge in [0.2, 0.25) is 0 Å². The number of epoxide rings is 2. The van der Waals surface area contributed by atoms with E-state index in [1.807, 2.05) is 24.3 Å². The molecule has 0 bridgehead atoms. The minimum atomic E-state index is 0.293. The summed E-state index contributed by atoms with van der Waals surface area (Å²) in [4.78, 5) is 0. The van der Waals surface area contributed by atoms with Crippen LogP contribution in [0.15, 0.2) is 48.5 Å². The fourth-order valence-corrected chi connectivity index (χ4v) is 3.83. The van der Waals surface area contributed by atoms with E-state index in [0.29, 0.717) is 25.4 Å². The number of ether oxygens (including phenoxy) is 4. The second-order valence-corrected chi connectivity index (χ2v) is 9.76. The lowest BCUT2D eigenvalue weighted by Gasteiger charge is -2.14. The monoisotopic (exact) mass is 498 g/mol. The first-order chi connectivity index (χ1) is 17.7. The summed E-state index contributed by atoms with van der Waals surface area (Å²) in [5, 5.41) is 3.47. The first-order valence-corrected chi connectivity index (χ1v) is 13.8. The summed E-state index contributed by atoms with van der Waals surface area (Å²) in [6.07, 6.45) is 7.96. The van der Waals surface area contributed by atoms with Crippen LogP contribution in [0.1, 0.15) is 57.1 Å². The van der Waals surface area contributed by atoms with E-state index in [1.165, 1.54) is 43.4 Å². The smallest absolute Gasteiger partial charge is 0.119 e. The topological polar surface area (TPSA) is 81.6 Å². The molecule has 3 N–H and O–H groups in total. The summed E-state index contributed by atoms with van der Waals surface area (Å²) < 4.78 is 21.6. The molecular formula is C30H46N2O4. The van der Waals surface area contributed by atoms with Gasteiger partial charge in [0.1, 0.15) is 36.9 Å². The molecule has 0 radical (unpaired) electrons. The van der Waals surface area contributed by atoms with Gasteiger partial charge in [-0.2, -0.15) is 0 Å². The Morgan fingerprint density at radius 3 is 1.81 bits per heavy atom. The van der Waals surface area contributed by atoms with E-state index in [0.717, 1.165) is 56.6 Å². The predicted molar refractivity (Wildman–Crippen MR) is 146 cm³/mol. The van der Waals surface area contributed by atoms with Gasteiger partial charge >= 0.3 is 0 Å². The molecule has 0 saturated carbocycles. The van der Waals surface area contributed by atoms with Crippen LogP contribution in [-0.4, -0.2) is 58.3 Å². The van der Waals surface area contributed by atoms with Crippen molar-refractivity contribution in [1.29, 1.82) is 0 Å². The van der Waals surface area contributed by atoms with Gasteiger partial charge in [-0.1, -0.05) is 57.4 Å². The zero-order chi connectivity index (χ0) is 25.4. The molecule has 3 unspecified atom stereocenters. The zero-order valence-corrected chi connectivity index (χ0v) is 22.3. The van der Waals surface area contributed by atoms with Gasteiger partial charge in [-0.15, -0.1) is 0 Å². The van der Waals surface area contributed by atoms with Gasteiger partial charge in [0.15, 0.2) is 0 Å². The van der Waals surface area contributed by atoms with Crippen molar-refractivity contribution in [2.45, 2.75) is 64.6 Å². The first-order valence-electron chi connectivity index (χ1n) is 13.8. The van der Waals surface area contributed by atoms with Gasteiger partial charge in [-0.25, -0.2) is 0 Å². The first kappa shape index (κ1) is 28.5. The Balaban J connectivity index is 0.000000240. The van der Waals surface area contributed by atoms with Crippen LogP contribution < -0.4 is 20.5 Å². The van der Waals surface area contributed by atoms with E-state index in [1.54, 1.807) is 0 Å². The number of unbranched alkanes of at least 4 members (excludes halogenated alkanes) is 1. The van der Waals surface area contributed by atoms with Crippen molar-refractivity contribution in [1.82, 2.24) is 5.32 Å². The van der Waals surface area contributed by atoms with Gasteiger partial charge < -0.3 is 30.0 Å². The van der Waals surface area contributed by atoms with Crippen molar-refractivity contribution < 1.29 is 18.9 Å². The highest BCUT2D eigenvalue weighted by molar-refractivity contribution is 5.34. The lowest BCUT2D eigenvalue weighted by molar-refractivity contribution is 0.263.